The fraction of sp³-hybridized carbons (Fsp3) is 0.222. The number of rotatable bonds is 3. The lowest BCUT2D eigenvalue weighted by Gasteiger charge is -2.22. The number of hydrogen-bond donors (Lipinski definition) is 1. The van der Waals surface area contributed by atoms with Crippen LogP contribution in [0.5, 0.6) is 0 Å². The number of pyridine rings is 1. The van der Waals surface area contributed by atoms with Gasteiger partial charge in [-0.1, -0.05) is 30.3 Å². The third-order valence-electron chi connectivity index (χ3n) is 4.32. The van der Waals surface area contributed by atoms with Crippen LogP contribution in [0.3, 0.4) is 0 Å². The van der Waals surface area contributed by atoms with E-state index in [9.17, 15) is 9.18 Å². The number of aromatic nitrogens is 4. The van der Waals surface area contributed by atoms with Gasteiger partial charge >= 0.3 is 0 Å². The van der Waals surface area contributed by atoms with Crippen LogP contribution in [0.1, 0.15) is 35.1 Å². The van der Waals surface area contributed by atoms with E-state index >= 15 is 0 Å². The van der Waals surface area contributed by atoms with Crippen LogP contribution in [0, 0.1) is 5.82 Å². The summed E-state index contributed by atoms with van der Waals surface area (Å²) >= 11 is 0. The maximum Gasteiger partial charge on any atom is 0.256 e. The van der Waals surface area contributed by atoms with Gasteiger partial charge in [0.25, 0.3) is 5.91 Å². The Hall–Kier alpha value is -3.09. The summed E-state index contributed by atoms with van der Waals surface area (Å²) in [6.45, 7) is 0.599. The van der Waals surface area contributed by atoms with Gasteiger partial charge < -0.3 is 4.90 Å². The molecule has 7 heteroatoms. The lowest BCUT2D eigenvalue weighted by atomic mass is 10.2. The molecule has 1 atom stereocenters. The molecule has 25 heavy (non-hydrogen) atoms. The molecule has 1 aromatic carbocycles. The summed E-state index contributed by atoms with van der Waals surface area (Å²) in [5, 5.41) is 7.21. The van der Waals surface area contributed by atoms with Crippen LogP contribution in [0.2, 0.25) is 0 Å². The fourth-order valence-electron chi connectivity index (χ4n) is 3.13. The first-order chi connectivity index (χ1) is 12.2. The van der Waals surface area contributed by atoms with E-state index in [1.165, 1.54) is 12.3 Å². The van der Waals surface area contributed by atoms with Crippen LogP contribution >= 0.6 is 0 Å². The van der Waals surface area contributed by atoms with E-state index in [4.69, 9.17) is 0 Å². The molecule has 1 amide bonds. The minimum atomic E-state index is -0.521. The van der Waals surface area contributed by atoms with Crippen molar-refractivity contribution in [3.05, 3.63) is 66.0 Å². The van der Waals surface area contributed by atoms with E-state index in [1.54, 1.807) is 4.90 Å². The number of H-pyrrole nitrogens is 1. The van der Waals surface area contributed by atoms with Gasteiger partial charge in [-0.25, -0.2) is 9.37 Å². The van der Waals surface area contributed by atoms with Crippen LogP contribution in [0.4, 0.5) is 4.39 Å². The van der Waals surface area contributed by atoms with E-state index in [0.717, 1.165) is 24.6 Å². The first-order valence-electron chi connectivity index (χ1n) is 8.11. The molecular formula is C18H16FN5O. The Kier molecular flexibility index (Phi) is 3.97. The zero-order valence-electron chi connectivity index (χ0n) is 13.4. The molecule has 3 aromatic rings. The molecule has 0 unspecified atom stereocenters. The monoisotopic (exact) mass is 337 g/mol. The molecule has 0 spiro atoms. The first-order valence-corrected chi connectivity index (χ1v) is 8.11. The smallest absolute Gasteiger partial charge is 0.256 e. The average Bonchev–Trinajstić information content (AvgIpc) is 3.31. The highest BCUT2D eigenvalue weighted by molar-refractivity contribution is 5.94. The highest BCUT2D eigenvalue weighted by atomic mass is 19.1. The maximum atomic E-state index is 13.4. The number of benzene rings is 1. The van der Waals surface area contributed by atoms with Crippen molar-refractivity contribution < 1.29 is 9.18 Å². The lowest BCUT2D eigenvalue weighted by molar-refractivity contribution is 0.0729. The van der Waals surface area contributed by atoms with Crippen LogP contribution in [0.15, 0.2) is 48.8 Å². The predicted octanol–water partition coefficient (Wildman–Crippen LogP) is 2.98. The van der Waals surface area contributed by atoms with Crippen molar-refractivity contribution in [3.8, 4) is 11.4 Å². The Morgan fingerprint density at radius 2 is 2.08 bits per heavy atom. The van der Waals surface area contributed by atoms with E-state index in [2.05, 4.69) is 20.2 Å². The lowest BCUT2D eigenvalue weighted by Crippen LogP contribution is -2.31. The number of hydrogen-bond acceptors (Lipinski definition) is 4. The number of carbonyl (C=O) groups is 1. The molecule has 1 aliphatic heterocycles. The van der Waals surface area contributed by atoms with Gasteiger partial charge in [0.05, 0.1) is 17.8 Å². The number of nitrogens with zero attached hydrogens (tertiary/aromatic N) is 4. The van der Waals surface area contributed by atoms with Gasteiger partial charge in [0.15, 0.2) is 5.82 Å². The third kappa shape index (κ3) is 3.00. The maximum absolute atomic E-state index is 13.4. The van der Waals surface area contributed by atoms with Crippen molar-refractivity contribution in [2.45, 2.75) is 18.9 Å². The quantitative estimate of drug-likeness (QED) is 0.797. The highest BCUT2D eigenvalue weighted by Crippen LogP contribution is 2.32. The van der Waals surface area contributed by atoms with Gasteiger partial charge in [-0.05, 0) is 18.9 Å². The molecule has 2 aromatic heterocycles. The van der Waals surface area contributed by atoms with Crippen LogP contribution in [-0.4, -0.2) is 37.5 Å². The molecule has 126 valence electrons. The Labute approximate surface area is 143 Å². The molecule has 1 saturated heterocycles. The molecular weight excluding hydrogens is 321 g/mol. The minimum absolute atomic E-state index is 0.194. The normalized spacial score (nSPS) is 17.0. The minimum Gasteiger partial charge on any atom is -0.328 e. The summed E-state index contributed by atoms with van der Waals surface area (Å²) in [5.74, 6) is 0.483. The number of amides is 1. The fourth-order valence-corrected chi connectivity index (χ4v) is 3.13. The summed E-state index contributed by atoms with van der Waals surface area (Å²) in [4.78, 5) is 22.7. The Morgan fingerprint density at radius 3 is 2.88 bits per heavy atom. The number of likely N-dealkylation sites (tertiary alicyclic amines) is 1. The van der Waals surface area contributed by atoms with Crippen molar-refractivity contribution in [2.24, 2.45) is 0 Å². The molecule has 1 fully saturated rings. The first kappa shape index (κ1) is 15.4. The molecule has 1 aliphatic rings. The Bertz CT molecular complexity index is 895. The number of aromatic amines is 1. The van der Waals surface area contributed by atoms with Gasteiger partial charge in [-0.2, -0.15) is 5.10 Å². The molecule has 6 nitrogen and oxygen atoms in total. The molecule has 1 N–H and O–H groups in total. The van der Waals surface area contributed by atoms with Gasteiger partial charge in [-0.3, -0.25) is 14.9 Å². The summed E-state index contributed by atoms with van der Waals surface area (Å²) in [6.07, 6.45) is 4.12. The van der Waals surface area contributed by atoms with E-state index in [0.29, 0.717) is 18.2 Å². The SMILES string of the molecule is O=C(c1cncc(F)c1)N1CCC[C@H]1c1nc(-c2ccccc2)n[nH]1. The summed E-state index contributed by atoms with van der Waals surface area (Å²) in [5.41, 5.74) is 1.16. The van der Waals surface area contributed by atoms with Gasteiger partial charge in [-0.15, -0.1) is 0 Å². The Balaban J connectivity index is 1.60. The van der Waals surface area contributed by atoms with Crippen molar-refractivity contribution >= 4 is 5.91 Å². The second-order valence-electron chi connectivity index (χ2n) is 5.96. The molecule has 0 saturated carbocycles. The second-order valence-corrected chi connectivity index (χ2v) is 5.96. The van der Waals surface area contributed by atoms with Crippen molar-refractivity contribution in [2.75, 3.05) is 6.54 Å². The topological polar surface area (TPSA) is 74.8 Å². The number of halogens is 1. The molecule has 3 heterocycles. The second kappa shape index (κ2) is 6.43. The molecule has 0 bridgehead atoms. The Morgan fingerprint density at radius 1 is 1.24 bits per heavy atom. The van der Waals surface area contributed by atoms with Gasteiger partial charge in [0.2, 0.25) is 0 Å². The van der Waals surface area contributed by atoms with Crippen molar-refractivity contribution in [3.63, 3.8) is 0 Å². The summed E-state index contributed by atoms with van der Waals surface area (Å²) in [7, 11) is 0. The van der Waals surface area contributed by atoms with Crippen LogP contribution in [0.25, 0.3) is 11.4 Å². The standard InChI is InChI=1S/C18H16FN5O/c19-14-9-13(10-20-11-14)18(25)24-8-4-7-15(24)17-21-16(22-23-17)12-5-2-1-3-6-12/h1-3,5-6,9-11,15H,4,7-8H2,(H,21,22,23)/t15-/m0/s1. The van der Waals surface area contributed by atoms with Crippen LogP contribution < -0.4 is 0 Å². The molecule has 0 radical (unpaired) electrons. The summed E-state index contributed by atoms with van der Waals surface area (Å²) in [6, 6.07) is 10.7. The van der Waals surface area contributed by atoms with Crippen molar-refractivity contribution in [1.82, 2.24) is 25.1 Å². The third-order valence-corrected chi connectivity index (χ3v) is 4.32. The summed E-state index contributed by atoms with van der Waals surface area (Å²) < 4.78 is 13.4. The molecule has 4 rings (SSSR count). The zero-order valence-corrected chi connectivity index (χ0v) is 13.4. The largest absolute Gasteiger partial charge is 0.328 e. The van der Waals surface area contributed by atoms with Crippen LogP contribution in [-0.2, 0) is 0 Å². The average molecular weight is 337 g/mol. The predicted molar refractivity (Wildman–Crippen MR) is 89.0 cm³/mol. The van der Waals surface area contributed by atoms with E-state index in [1.807, 2.05) is 30.3 Å². The van der Waals surface area contributed by atoms with Gasteiger partial charge in [0.1, 0.15) is 11.6 Å². The zero-order chi connectivity index (χ0) is 17.2. The number of carbonyl (C=O) groups excluding carboxylic acids is 1. The van der Waals surface area contributed by atoms with E-state index < -0.39 is 5.82 Å². The van der Waals surface area contributed by atoms with Crippen molar-refractivity contribution in [1.29, 1.82) is 0 Å². The number of nitrogens with one attached hydrogen (secondary N) is 1. The van der Waals surface area contributed by atoms with Gasteiger partial charge in [0, 0.05) is 18.3 Å². The molecule has 0 aliphatic carbocycles. The highest BCUT2D eigenvalue weighted by Gasteiger charge is 2.33. The van der Waals surface area contributed by atoms with E-state index in [-0.39, 0.29) is 17.5 Å².